The number of para-hydroxylation sites is 1. The molecule has 2 fully saturated rings. The van der Waals surface area contributed by atoms with Crippen molar-refractivity contribution in [1.82, 2.24) is 5.01 Å². The second-order valence-electron chi connectivity index (χ2n) is 6.21. The quantitative estimate of drug-likeness (QED) is 0.878. The summed E-state index contributed by atoms with van der Waals surface area (Å²) in [6.07, 6.45) is 3.98. The Labute approximate surface area is 124 Å². The largest absolute Gasteiger partial charge is 0.436 e. The van der Waals surface area contributed by atoms with E-state index in [1.807, 2.05) is 31.2 Å². The minimum Gasteiger partial charge on any atom is -0.436 e. The Bertz CT molecular complexity index is 550. The molecule has 1 aliphatic heterocycles. The Balaban J connectivity index is 1.89. The van der Waals surface area contributed by atoms with Crippen molar-refractivity contribution in [3.63, 3.8) is 0 Å². The summed E-state index contributed by atoms with van der Waals surface area (Å²) in [5.41, 5.74) is 2.68. The summed E-state index contributed by atoms with van der Waals surface area (Å²) in [4.78, 5) is 12.3. The first-order valence-corrected chi connectivity index (χ1v) is 7.54. The molecule has 1 heterocycles. The average Bonchev–Trinajstić information content (AvgIpc) is 2.62. The van der Waals surface area contributed by atoms with Crippen LogP contribution in [0.1, 0.15) is 44.6 Å². The number of nitrogens with zero attached hydrogens (tertiary/aromatic N) is 1. The maximum atomic E-state index is 12.3. The summed E-state index contributed by atoms with van der Waals surface area (Å²) in [5, 5.41) is 12.2. The minimum absolute atomic E-state index is 0.509. The number of hydrazine groups is 1. The fourth-order valence-corrected chi connectivity index (χ4v) is 3.36. The number of aryl methyl sites for hydroxylation is 1. The van der Waals surface area contributed by atoms with Gasteiger partial charge in [-0.2, -0.15) is 5.01 Å². The second-order valence-corrected chi connectivity index (χ2v) is 6.21. The van der Waals surface area contributed by atoms with Crippen molar-refractivity contribution in [1.29, 1.82) is 0 Å². The van der Waals surface area contributed by atoms with Gasteiger partial charge in [0, 0.05) is 0 Å². The molecule has 5 heteroatoms. The van der Waals surface area contributed by atoms with Crippen LogP contribution in [0.15, 0.2) is 24.3 Å². The van der Waals surface area contributed by atoms with Crippen LogP contribution < -0.4 is 5.43 Å². The Kier molecular flexibility index (Phi) is 3.32. The lowest BCUT2D eigenvalue weighted by molar-refractivity contribution is -0.154. The molecule has 1 atom stereocenters. The summed E-state index contributed by atoms with van der Waals surface area (Å²) >= 11 is 0. The minimum atomic E-state index is -1.35. The maximum absolute atomic E-state index is 12.3. The SMILES string of the molecule is Cc1ccccc1NN1C(=O)OC2(CCCCC2)[C@]1(C)O. The molecule has 0 bridgehead atoms. The van der Waals surface area contributed by atoms with Gasteiger partial charge in [-0.25, -0.2) is 4.79 Å². The number of carbonyl (C=O) groups excluding carboxylic acids is 1. The van der Waals surface area contributed by atoms with Crippen LogP contribution in [0.25, 0.3) is 0 Å². The van der Waals surface area contributed by atoms with E-state index in [4.69, 9.17) is 4.74 Å². The molecule has 1 saturated carbocycles. The molecule has 5 nitrogen and oxygen atoms in total. The van der Waals surface area contributed by atoms with Crippen molar-refractivity contribution in [2.24, 2.45) is 0 Å². The van der Waals surface area contributed by atoms with Crippen molar-refractivity contribution < 1.29 is 14.6 Å². The number of aliphatic hydroxyl groups is 1. The van der Waals surface area contributed by atoms with Gasteiger partial charge in [-0.3, -0.25) is 5.43 Å². The zero-order valence-electron chi connectivity index (χ0n) is 12.6. The maximum Gasteiger partial charge on any atom is 0.432 e. The number of nitrogens with one attached hydrogen (secondary N) is 1. The van der Waals surface area contributed by atoms with Gasteiger partial charge >= 0.3 is 6.09 Å². The third-order valence-electron chi connectivity index (χ3n) is 4.80. The number of amides is 1. The standard InChI is InChI=1S/C16H22N2O3/c1-12-8-4-5-9-13(12)17-18-14(19)21-16(15(18,2)20)10-6-3-7-11-16/h4-5,8-9,17,20H,3,6-7,10-11H2,1-2H3/t15-/m0/s1. The molecule has 114 valence electrons. The summed E-state index contributed by atoms with van der Waals surface area (Å²) in [6.45, 7) is 3.61. The molecule has 1 aromatic rings. The number of hydrogen-bond acceptors (Lipinski definition) is 4. The lowest BCUT2D eigenvalue weighted by Gasteiger charge is -2.41. The highest BCUT2D eigenvalue weighted by molar-refractivity contribution is 5.74. The molecule has 3 rings (SSSR count). The van der Waals surface area contributed by atoms with Gasteiger partial charge in [0.05, 0.1) is 5.69 Å². The normalized spacial score (nSPS) is 27.8. The molecule has 0 unspecified atom stereocenters. The van der Waals surface area contributed by atoms with Crippen molar-refractivity contribution >= 4 is 11.8 Å². The first-order chi connectivity index (χ1) is 9.96. The van der Waals surface area contributed by atoms with Crippen molar-refractivity contribution in [3.05, 3.63) is 29.8 Å². The monoisotopic (exact) mass is 290 g/mol. The number of rotatable bonds is 2. The Morgan fingerprint density at radius 1 is 1.24 bits per heavy atom. The van der Waals surface area contributed by atoms with E-state index >= 15 is 0 Å². The zero-order chi connectivity index (χ0) is 15.1. The molecule has 1 aliphatic carbocycles. The van der Waals surface area contributed by atoms with Crippen LogP contribution in [0.2, 0.25) is 0 Å². The molecule has 1 saturated heterocycles. The fraction of sp³-hybridized carbons (Fsp3) is 0.562. The van der Waals surface area contributed by atoms with Crippen molar-refractivity contribution in [3.8, 4) is 0 Å². The van der Waals surface area contributed by atoms with Gasteiger partial charge in [-0.05, 0) is 51.2 Å². The summed E-state index contributed by atoms with van der Waals surface area (Å²) < 4.78 is 5.60. The van der Waals surface area contributed by atoms with Crippen LogP contribution in [0.4, 0.5) is 10.5 Å². The predicted molar refractivity (Wildman–Crippen MR) is 79.6 cm³/mol. The molecular weight excluding hydrogens is 268 g/mol. The van der Waals surface area contributed by atoms with E-state index < -0.39 is 17.4 Å². The Morgan fingerprint density at radius 3 is 2.57 bits per heavy atom. The smallest absolute Gasteiger partial charge is 0.432 e. The molecule has 0 radical (unpaired) electrons. The topological polar surface area (TPSA) is 61.8 Å². The van der Waals surface area contributed by atoms with E-state index in [1.165, 1.54) is 5.01 Å². The van der Waals surface area contributed by atoms with E-state index in [9.17, 15) is 9.90 Å². The molecule has 1 spiro atoms. The molecule has 2 N–H and O–H groups in total. The first-order valence-electron chi connectivity index (χ1n) is 7.54. The fourth-order valence-electron chi connectivity index (χ4n) is 3.36. The van der Waals surface area contributed by atoms with Crippen molar-refractivity contribution in [2.45, 2.75) is 57.3 Å². The molecule has 0 aromatic heterocycles. The highest BCUT2D eigenvalue weighted by atomic mass is 16.6. The van der Waals surface area contributed by atoms with E-state index in [2.05, 4.69) is 5.43 Å². The molecule has 1 aromatic carbocycles. The Hall–Kier alpha value is -1.75. The average molecular weight is 290 g/mol. The molecule has 1 amide bonds. The van der Waals surface area contributed by atoms with Gasteiger partial charge in [0.1, 0.15) is 0 Å². The van der Waals surface area contributed by atoms with Gasteiger partial charge in [0.2, 0.25) is 0 Å². The summed E-state index contributed by atoms with van der Waals surface area (Å²) in [6, 6.07) is 7.66. The molecule has 21 heavy (non-hydrogen) atoms. The van der Waals surface area contributed by atoms with Crippen LogP contribution in [0, 0.1) is 6.92 Å². The van der Waals surface area contributed by atoms with Crippen LogP contribution in [0.3, 0.4) is 0 Å². The van der Waals surface area contributed by atoms with Crippen LogP contribution in [-0.2, 0) is 4.74 Å². The van der Waals surface area contributed by atoms with Crippen molar-refractivity contribution in [2.75, 3.05) is 5.43 Å². The predicted octanol–water partition coefficient (Wildman–Crippen LogP) is 3.19. The number of ether oxygens (including phenoxy) is 1. The van der Waals surface area contributed by atoms with Gasteiger partial charge in [0.15, 0.2) is 11.3 Å². The highest BCUT2D eigenvalue weighted by Gasteiger charge is 2.62. The van der Waals surface area contributed by atoms with Crippen LogP contribution in [0.5, 0.6) is 0 Å². The second kappa shape index (κ2) is 4.91. The number of anilines is 1. The number of hydrogen-bond donors (Lipinski definition) is 2. The Morgan fingerprint density at radius 2 is 1.90 bits per heavy atom. The lowest BCUT2D eigenvalue weighted by atomic mass is 9.78. The van der Waals surface area contributed by atoms with Gasteiger partial charge in [-0.15, -0.1) is 0 Å². The third kappa shape index (κ3) is 2.16. The lowest BCUT2D eigenvalue weighted by Crippen LogP contribution is -2.58. The van der Waals surface area contributed by atoms with E-state index in [1.54, 1.807) is 6.92 Å². The molecular formula is C16H22N2O3. The van der Waals surface area contributed by atoms with E-state index in [0.717, 1.165) is 30.5 Å². The third-order valence-corrected chi connectivity index (χ3v) is 4.80. The molecule has 2 aliphatic rings. The zero-order valence-corrected chi connectivity index (χ0v) is 12.6. The van der Waals surface area contributed by atoms with Gasteiger partial charge in [-0.1, -0.05) is 24.6 Å². The summed E-state index contributed by atoms with van der Waals surface area (Å²) in [7, 11) is 0. The van der Waals surface area contributed by atoms with Gasteiger partial charge in [0.25, 0.3) is 0 Å². The number of benzene rings is 1. The highest BCUT2D eigenvalue weighted by Crippen LogP contribution is 2.46. The first kappa shape index (κ1) is 14.2. The van der Waals surface area contributed by atoms with Crippen LogP contribution >= 0.6 is 0 Å². The van der Waals surface area contributed by atoms with Gasteiger partial charge < -0.3 is 9.84 Å². The van der Waals surface area contributed by atoms with E-state index in [-0.39, 0.29) is 0 Å². The van der Waals surface area contributed by atoms with Crippen LogP contribution in [-0.4, -0.2) is 27.5 Å². The summed E-state index contributed by atoms with van der Waals surface area (Å²) in [5.74, 6) is 0. The van der Waals surface area contributed by atoms with E-state index in [0.29, 0.717) is 12.8 Å². The number of carbonyl (C=O) groups is 1.